The number of amides is 1. The smallest absolute Gasteiger partial charge is 0.228 e. The fourth-order valence-corrected chi connectivity index (χ4v) is 1.99. The molecule has 1 aromatic heterocycles. The second-order valence-electron chi connectivity index (χ2n) is 4.93. The number of hydrogen-bond acceptors (Lipinski definition) is 3. The topological polar surface area (TPSA) is 67.2 Å². The van der Waals surface area contributed by atoms with Crippen molar-refractivity contribution in [2.24, 2.45) is 0 Å². The van der Waals surface area contributed by atoms with Gasteiger partial charge in [-0.05, 0) is 19.4 Å². The Bertz CT molecular complexity index is 564. The van der Waals surface area contributed by atoms with Gasteiger partial charge in [-0.15, -0.1) is 0 Å². The van der Waals surface area contributed by atoms with Crippen LogP contribution in [0.4, 0.5) is 5.82 Å². The fraction of sp³-hybridized carbons (Fsp3) is 0.333. The van der Waals surface area contributed by atoms with Gasteiger partial charge in [-0.2, -0.15) is 5.10 Å². The first-order chi connectivity index (χ1) is 9.58. The van der Waals surface area contributed by atoms with Gasteiger partial charge in [0.1, 0.15) is 5.82 Å². The third-order valence-electron chi connectivity index (χ3n) is 2.99. The Kier molecular flexibility index (Phi) is 4.53. The lowest BCUT2D eigenvalue weighted by atomic mass is 10.1. The molecule has 1 aromatic carbocycles. The van der Waals surface area contributed by atoms with Gasteiger partial charge in [-0.3, -0.25) is 4.79 Å². The molecular formula is C15H19N3O2. The number of aromatic nitrogens is 2. The highest BCUT2D eigenvalue weighted by atomic mass is 16.3. The Morgan fingerprint density at radius 3 is 2.65 bits per heavy atom. The number of hydrogen-bond donors (Lipinski definition) is 2. The average molecular weight is 273 g/mol. The zero-order valence-electron chi connectivity index (χ0n) is 11.7. The minimum atomic E-state index is -0.799. The van der Waals surface area contributed by atoms with Crippen molar-refractivity contribution < 1.29 is 9.90 Å². The highest BCUT2D eigenvalue weighted by Crippen LogP contribution is 2.18. The number of nitrogens with zero attached hydrogens (tertiary/aromatic N) is 2. The molecule has 1 amide bonds. The maximum atomic E-state index is 12.0. The van der Waals surface area contributed by atoms with Crippen LogP contribution in [0.25, 0.3) is 0 Å². The van der Waals surface area contributed by atoms with Gasteiger partial charge in [0, 0.05) is 12.1 Å². The first kappa shape index (κ1) is 14.3. The predicted molar refractivity (Wildman–Crippen MR) is 77.3 cm³/mol. The molecule has 5 heteroatoms. The summed E-state index contributed by atoms with van der Waals surface area (Å²) in [6.07, 6.45) is 0.864. The molecule has 0 saturated carbocycles. The number of aliphatic hydroxyl groups is 1. The monoisotopic (exact) mass is 273 g/mol. The first-order valence-electron chi connectivity index (χ1n) is 6.64. The molecule has 0 spiro atoms. The van der Waals surface area contributed by atoms with Crippen LogP contribution < -0.4 is 5.32 Å². The third-order valence-corrected chi connectivity index (χ3v) is 2.99. The number of rotatable bonds is 5. The molecule has 1 heterocycles. The van der Waals surface area contributed by atoms with E-state index in [-0.39, 0.29) is 18.4 Å². The lowest BCUT2D eigenvalue weighted by molar-refractivity contribution is -0.118. The highest BCUT2D eigenvalue weighted by Gasteiger charge is 2.15. The summed E-state index contributed by atoms with van der Waals surface area (Å²) in [7, 11) is 0. The van der Waals surface area contributed by atoms with E-state index in [1.807, 2.05) is 32.0 Å². The molecule has 1 unspecified atom stereocenters. The Hall–Kier alpha value is -2.14. The number of anilines is 1. The first-order valence-corrected chi connectivity index (χ1v) is 6.64. The van der Waals surface area contributed by atoms with E-state index in [1.54, 1.807) is 29.1 Å². The zero-order chi connectivity index (χ0) is 14.5. The Labute approximate surface area is 118 Å². The normalized spacial score (nSPS) is 12.4. The summed E-state index contributed by atoms with van der Waals surface area (Å²) < 4.78 is 1.73. The van der Waals surface area contributed by atoms with Gasteiger partial charge in [0.15, 0.2) is 0 Å². The molecule has 2 N–H and O–H groups in total. The van der Waals surface area contributed by atoms with Crippen molar-refractivity contribution >= 4 is 11.7 Å². The van der Waals surface area contributed by atoms with E-state index in [4.69, 9.17) is 0 Å². The van der Waals surface area contributed by atoms with Crippen molar-refractivity contribution in [3.05, 3.63) is 48.2 Å². The maximum Gasteiger partial charge on any atom is 0.228 e. The van der Waals surface area contributed by atoms with Crippen LogP contribution in [0.5, 0.6) is 0 Å². The maximum absolute atomic E-state index is 12.0. The van der Waals surface area contributed by atoms with Crippen molar-refractivity contribution in [1.82, 2.24) is 9.78 Å². The summed E-state index contributed by atoms with van der Waals surface area (Å²) in [6.45, 7) is 3.98. The SMILES string of the molecule is CC(C)n1nccc1NC(=O)CC(O)c1ccccc1. The molecule has 2 aromatic rings. The summed E-state index contributed by atoms with van der Waals surface area (Å²) in [5.41, 5.74) is 0.736. The van der Waals surface area contributed by atoms with Crippen LogP contribution in [0.1, 0.15) is 38.0 Å². The number of carbonyl (C=O) groups is 1. The van der Waals surface area contributed by atoms with Crippen molar-refractivity contribution in [2.75, 3.05) is 5.32 Å². The van der Waals surface area contributed by atoms with Crippen LogP contribution >= 0.6 is 0 Å². The van der Waals surface area contributed by atoms with Crippen molar-refractivity contribution in [3.63, 3.8) is 0 Å². The second-order valence-corrected chi connectivity index (χ2v) is 4.93. The average Bonchev–Trinajstić information content (AvgIpc) is 2.87. The number of benzene rings is 1. The fourth-order valence-electron chi connectivity index (χ4n) is 1.99. The van der Waals surface area contributed by atoms with E-state index < -0.39 is 6.10 Å². The van der Waals surface area contributed by atoms with Crippen molar-refractivity contribution in [1.29, 1.82) is 0 Å². The van der Waals surface area contributed by atoms with E-state index in [9.17, 15) is 9.90 Å². The molecule has 0 radical (unpaired) electrons. The number of nitrogens with one attached hydrogen (secondary N) is 1. The van der Waals surface area contributed by atoms with Gasteiger partial charge in [-0.25, -0.2) is 4.68 Å². The van der Waals surface area contributed by atoms with Crippen LogP contribution in [0.2, 0.25) is 0 Å². The van der Waals surface area contributed by atoms with Gasteiger partial charge in [0.2, 0.25) is 5.91 Å². The molecular weight excluding hydrogens is 254 g/mol. The van der Waals surface area contributed by atoms with Crippen LogP contribution in [-0.2, 0) is 4.79 Å². The molecule has 0 bridgehead atoms. The molecule has 106 valence electrons. The van der Waals surface area contributed by atoms with Gasteiger partial charge < -0.3 is 10.4 Å². The minimum absolute atomic E-state index is 0.0211. The standard InChI is InChI=1S/C15H19N3O2/c1-11(2)18-14(8-9-16-18)17-15(20)10-13(19)12-6-4-3-5-7-12/h3-9,11,13,19H,10H2,1-2H3,(H,17,20). The molecule has 0 saturated heterocycles. The third kappa shape index (κ3) is 3.45. The summed E-state index contributed by atoms with van der Waals surface area (Å²) in [4.78, 5) is 12.0. The minimum Gasteiger partial charge on any atom is -0.388 e. The summed E-state index contributed by atoms with van der Waals surface area (Å²) in [5, 5.41) is 16.9. The quantitative estimate of drug-likeness (QED) is 0.879. The number of aliphatic hydroxyl groups excluding tert-OH is 1. The Morgan fingerprint density at radius 1 is 1.30 bits per heavy atom. The summed E-state index contributed by atoms with van der Waals surface area (Å²) in [5.74, 6) is 0.411. The van der Waals surface area contributed by atoms with Crippen molar-refractivity contribution in [3.8, 4) is 0 Å². The molecule has 0 fully saturated rings. The molecule has 0 aliphatic rings. The number of carbonyl (C=O) groups excluding carboxylic acids is 1. The van der Waals surface area contributed by atoms with E-state index >= 15 is 0 Å². The van der Waals surface area contributed by atoms with Crippen LogP contribution in [0, 0.1) is 0 Å². The molecule has 2 rings (SSSR count). The zero-order valence-corrected chi connectivity index (χ0v) is 11.7. The summed E-state index contributed by atoms with van der Waals surface area (Å²) >= 11 is 0. The van der Waals surface area contributed by atoms with Crippen LogP contribution in [-0.4, -0.2) is 20.8 Å². The van der Waals surface area contributed by atoms with Crippen molar-refractivity contribution in [2.45, 2.75) is 32.4 Å². The van der Waals surface area contributed by atoms with Crippen LogP contribution in [0.15, 0.2) is 42.6 Å². The lowest BCUT2D eigenvalue weighted by Gasteiger charge is -2.14. The molecule has 0 aliphatic heterocycles. The molecule has 5 nitrogen and oxygen atoms in total. The van der Waals surface area contributed by atoms with Gasteiger partial charge in [-0.1, -0.05) is 30.3 Å². The highest BCUT2D eigenvalue weighted by molar-refractivity contribution is 5.90. The predicted octanol–water partition coefficient (Wildman–Crippen LogP) is 2.53. The van der Waals surface area contributed by atoms with E-state index in [0.717, 1.165) is 5.56 Å². The van der Waals surface area contributed by atoms with Gasteiger partial charge in [0.05, 0.1) is 18.7 Å². The van der Waals surface area contributed by atoms with Crippen LogP contribution in [0.3, 0.4) is 0 Å². The molecule has 0 aliphatic carbocycles. The van der Waals surface area contributed by atoms with Gasteiger partial charge in [0.25, 0.3) is 0 Å². The van der Waals surface area contributed by atoms with E-state index in [2.05, 4.69) is 10.4 Å². The van der Waals surface area contributed by atoms with Gasteiger partial charge >= 0.3 is 0 Å². The molecule has 1 atom stereocenters. The lowest BCUT2D eigenvalue weighted by Crippen LogP contribution is -2.18. The van der Waals surface area contributed by atoms with E-state index in [0.29, 0.717) is 5.82 Å². The Balaban J connectivity index is 1.97. The van der Waals surface area contributed by atoms with E-state index in [1.165, 1.54) is 0 Å². The largest absolute Gasteiger partial charge is 0.388 e. The molecule has 20 heavy (non-hydrogen) atoms. The Morgan fingerprint density at radius 2 is 2.00 bits per heavy atom. The summed E-state index contributed by atoms with van der Waals surface area (Å²) in [6, 6.07) is 11.1. The second kappa shape index (κ2) is 6.34.